The first-order chi connectivity index (χ1) is 19.1. The van der Waals surface area contributed by atoms with Crippen LogP contribution in [0.15, 0.2) is 47.6 Å². The van der Waals surface area contributed by atoms with E-state index in [0.717, 1.165) is 39.7 Å². The molecule has 3 aliphatic carbocycles. The van der Waals surface area contributed by atoms with Crippen LogP contribution in [-0.4, -0.2) is 70.4 Å². The highest BCUT2D eigenvalue weighted by Gasteiger charge is 2.66. The highest BCUT2D eigenvalue weighted by Crippen LogP contribution is 2.66. The Morgan fingerprint density at radius 3 is 2.55 bits per heavy atom. The minimum absolute atomic E-state index is 0.0188. The van der Waals surface area contributed by atoms with Crippen LogP contribution in [0, 0.1) is 17.3 Å². The first kappa shape index (κ1) is 27.1. The second kappa shape index (κ2) is 9.76. The van der Waals surface area contributed by atoms with Crippen LogP contribution >= 0.6 is 0 Å². The average molecular weight is 568 g/mol. The SMILES string of the molecule is COC(=O)C12CC1c1cc(OC)ccc1C1=C(C3CCCCC3)C3C=CC(C(=O)NS(=O)(=O)N(C)C)=CC3N1C2. The van der Waals surface area contributed by atoms with Gasteiger partial charge < -0.3 is 14.4 Å². The zero-order valence-corrected chi connectivity index (χ0v) is 24.3. The zero-order chi connectivity index (χ0) is 28.4. The lowest BCUT2D eigenvalue weighted by Gasteiger charge is -2.33. The third kappa shape index (κ3) is 4.18. The van der Waals surface area contributed by atoms with Crippen molar-refractivity contribution in [3.8, 4) is 5.75 Å². The highest BCUT2D eigenvalue weighted by atomic mass is 32.2. The van der Waals surface area contributed by atoms with Crippen molar-refractivity contribution in [2.45, 2.75) is 50.5 Å². The zero-order valence-electron chi connectivity index (χ0n) is 23.5. The van der Waals surface area contributed by atoms with Crippen LogP contribution in [0.2, 0.25) is 0 Å². The van der Waals surface area contributed by atoms with Crippen molar-refractivity contribution in [2.24, 2.45) is 17.3 Å². The molecule has 0 spiro atoms. The lowest BCUT2D eigenvalue weighted by molar-refractivity contribution is -0.147. The molecule has 1 N–H and O–H groups in total. The van der Waals surface area contributed by atoms with E-state index in [-0.39, 0.29) is 23.8 Å². The molecule has 0 radical (unpaired) electrons. The number of amides is 1. The van der Waals surface area contributed by atoms with Crippen molar-refractivity contribution in [1.82, 2.24) is 13.9 Å². The molecule has 6 rings (SSSR count). The topological polar surface area (TPSA) is 105 Å². The van der Waals surface area contributed by atoms with Crippen LogP contribution in [0.25, 0.3) is 5.70 Å². The largest absolute Gasteiger partial charge is 0.497 e. The van der Waals surface area contributed by atoms with Crippen molar-refractivity contribution < 1.29 is 27.5 Å². The van der Waals surface area contributed by atoms with E-state index in [1.54, 1.807) is 13.2 Å². The average Bonchev–Trinajstić information content (AvgIpc) is 3.62. The summed E-state index contributed by atoms with van der Waals surface area (Å²) < 4.78 is 38.9. The van der Waals surface area contributed by atoms with E-state index < -0.39 is 21.5 Å². The van der Waals surface area contributed by atoms with Crippen LogP contribution in [0.3, 0.4) is 0 Å². The van der Waals surface area contributed by atoms with Gasteiger partial charge in [-0.2, -0.15) is 12.7 Å². The summed E-state index contributed by atoms with van der Waals surface area (Å²) in [5.74, 6) is 0.324. The Hall–Kier alpha value is -3.11. The number of fused-ring (bicyclic) bond motifs is 7. The Morgan fingerprint density at radius 1 is 1.12 bits per heavy atom. The third-order valence-electron chi connectivity index (χ3n) is 9.50. The van der Waals surface area contributed by atoms with Gasteiger partial charge in [-0.25, -0.2) is 4.72 Å². The molecular formula is C30H37N3O6S. The molecule has 4 atom stereocenters. The number of nitrogens with one attached hydrogen (secondary N) is 1. The summed E-state index contributed by atoms with van der Waals surface area (Å²) in [6.45, 7) is 0.475. The van der Waals surface area contributed by atoms with E-state index in [1.165, 1.54) is 46.0 Å². The quantitative estimate of drug-likeness (QED) is 0.526. The number of rotatable bonds is 6. The number of carbonyl (C=O) groups is 2. The molecular weight excluding hydrogens is 530 g/mol. The van der Waals surface area contributed by atoms with Crippen LogP contribution in [0.4, 0.5) is 0 Å². The number of hydrogen-bond donors (Lipinski definition) is 1. The summed E-state index contributed by atoms with van der Waals surface area (Å²) in [4.78, 5) is 28.7. The van der Waals surface area contributed by atoms with Gasteiger partial charge in [0.05, 0.1) is 25.7 Å². The van der Waals surface area contributed by atoms with Gasteiger partial charge in [0, 0.05) is 49.3 Å². The minimum atomic E-state index is -3.94. The maximum Gasteiger partial charge on any atom is 0.314 e. The molecule has 1 amide bonds. The highest BCUT2D eigenvalue weighted by molar-refractivity contribution is 7.87. The molecule has 0 bridgehead atoms. The van der Waals surface area contributed by atoms with Gasteiger partial charge in [0.2, 0.25) is 0 Å². The number of methoxy groups -OCH3 is 2. The number of carbonyl (C=O) groups excluding carboxylic acids is 2. The minimum Gasteiger partial charge on any atom is -0.497 e. The Balaban J connectivity index is 1.49. The van der Waals surface area contributed by atoms with Crippen molar-refractivity contribution >= 4 is 27.8 Å². The summed E-state index contributed by atoms with van der Waals surface area (Å²) >= 11 is 0. The Bertz CT molecular complexity index is 1460. The molecule has 4 unspecified atom stereocenters. The summed E-state index contributed by atoms with van der Waals surface area (Å²) in [6, 6.07) is 5.95. The second-order valence-electron chi connectivity index (χ2n) is 11.8. The normalized spacial score (nSPS) is 29.1. The van der Waals surface area contributed by atoms with E-state index in [2.05, 4.69) is 27.8 Å². The second-order valence-corrected chi connectivity index (χ2v) is 13.7. The van der Waals surface area contributed by atoms with Gasteiger partial charge in [0.1, 0.15) is 5.75 Å². The predicted molar refractivity (Wildman–Crippen MR) is 150 cm³/mol. The fourth-order valence-electron chi connectivity index (χ4n) is 7.36. The van der Waals surface area contributed by atoms with E-state index in [1.807, 2.05) is 12.1 Å². The van der Waals surface area contributed by atoms with Crippen LogP contribution < -0.4 is 9.46 Å². The summed E-state index contributed by atoms with van der Waals surface area (Å²) in [7, 11) is 1.91. The maximum absolute atomic E-state index is 13.3. The smallest absolute Gasteiger partial charge is 0.314 e. The van der Waals surface area contributed by atoms with Crippen LogP contribution in [-0.2, 0) is 24.5 Å². The van der Waals surface area contributed by atoms with E-state index in [0.29, 0.717) is 24.5 Å². The van der Waals surface area contributed by atoms with Crippen LogP contribution in [0.5, 0.6) is 5.75 Å². The van der Waals surface area contributed by atoms with Gasteiger partial charge in [0.25, 0.3) is 5.91 Å². The Morgan fingerprint density at radius 2 is 1.88 bits per heavy atom. The third-order valence-corrected chi connectivity index (χ3v) is 10.9. The van der Waals surface area contributed by atoms with Gasteiger partial charge >= 0.3 is 16.2 Å². The summed E-state index contributed by atoms with van der Waals surface area (Å²) in [6.07, 6.45) is 12.2. The molecule has 2 heterocycles. The predicted octanol–water partition coefficient (Wildman–Crippen LogP) is 3.37. The van der Waals surface area contributed by atoms with Crippen molar-refractivity contribution in [1.29, 1.82) is 0 Å². The standard InChI is InChI=1S/C30H37N3O6S/c1-32(2)40(36,37)31-28(34)19-10-12-22-25(14-19)33-17-30(29(35)39-4)16-24(30)23-15-20(38-3)11-13-21(23)27(33)26(22)18-8-6-5-7-9-18/h10-15,18,22,24-25H,5-9,16-17H2,1-4H3,(H,31,34). The maximum atomic E-state index is 13.3. The van der Waals surface area contributed by atoms with E-state index >= 15 is 0 Å². The first-order valence-electron chi connectivity index (χ1n) is 14.0. The Kier molecular flexibility index (Phi) is 6.61. The lowest BCUT2D eigenvalue weighted by Crippen LogP contribution is -2.42. The molecule has 10 heteroatoms. The molecule has 40 heavy (non-hydrogen) atoms. The van der Waals surface area contributed by atoms with E-state index in [4.69, 9.17) is 9.47 Å². The van der Waals surface area contributed by atoms with E-state index in [9.17, 15) is 18.0 Å². The van der Waals surface area contributed by atoms with Crippen molar-refractivity contribution in [2.75, 3.05) is 34.9 Å². The number of hydrogen-bond acceptors (Lipinski definition) is 7. The van der Waals surface area contributed by atoms with Gasteiger partial charge in [0.15, 0.2) is 0 Å². The Labute approximate surface area is 236 Å². The molecule has 214 valence electrons. The number of esters is 1. The molecule has 0 aromatic heterocycles. The molecule has 2 aliphatic heterocycles. The number of nitrogens with zero attached hydrogens (tertiary/aromatic N) is 2. The van der Waals surface area contributed by atoms with Gasteiger partial charge in [-0.15, -0.1) is 0 Å². The molecule has 2 fully saturated rings. The molecule has 9 nitrogen and oxygen atoms in total. The fraction of sp³-hybridized carbons (Fsp3) is 0.533. The lowest BCUT2D eigenvalue weighted by atomic mass is 9.75. The van der Waals surface area contributed by atoms with Crippen molar-refractivity contribution in [3.63, 3.8) is 0 Å². The monoisotopic (exact) mass is 567 g/mol. The molecule has 0 saturated heterocycles. The molecule has 2 saturated carbocycles. The first-order valence-corrected chi connectivity index (χ1v) is 15.5. The molecule has 1 aromatic rings. The number of benzene rings is 1. The fourth-order valence-corrected chi connectivity index (χ4v) is 7.89. The number of ether oxygens (including phenoxy) is 2. The van der Waals surface area contributed by atoms with Gasteiger partial charge in [-0.1, -0.05) is 31.4 Å². The summed E-state index contributed by atoms with van der Waals surface area (Å²) in [5, 5.41) is 0. The molecule has 1 aromatic carbocycles. The van der Waals surface area contributed by atoms with Gasteiger partial charge in [-0.3, -0.25) is 9.59 Å². The molecule has 5 aliphatic rings. The van der Waals surface area contributed by atoms with Crippen molar-refractivity contribution in [3.05, 3.63) is 58.7 Å². The van der Waals surface area contributed by atoms with Crippen LogP contribution in [0.1, 0.15) is 55.6 Å². The summed E-state index contributed by atoms with van der Waals surface area (Å²) in [5.41, 5.74) is 4.36. The van der Waals surface area contributed by atoms with Gasteiger partial charge in [-0.05, 0) is 60.6 Å².